The molecule has 0 radical (unpaired) electrons. The molecule has 7 heteroatoms. The highest BCUT2D eigenvalue weighted by Crippen LogP contribution is 2.40. The van der Waals surface area contributed by atoms with E-state index in [0.29, 0.717) is 29.4 Å². The second-order valence-corrected chi connectivity index (χ2v) is 9.54. The van der Waals surface area contributed by atoms with Gasteiger partial charge in [-0.1, -0.05) is 22.8 Å². The first-order valence-electron chi connectivity index (χ1n) is 11.7. The maximum Gasteiger partial charge on any atom is 0.139 e. The molecule has 6 nitrogen and oxygen atoms in total. The molecule has 4 rings (SSSR count). The number of piperidine rings is 1. The molecule has 0 amide bonds. The van der Waals surface area contributed by atoms with Crippen molar-refractivity contribution >= 4 is 23.0 Å². The highest BCUT2D eigenvalue weighted by atomic mass is 35.5. The Morgan fingerprint density at radius 1 is 1.12 bits per heavy atom. The molecule has 0 unspecified atom stereocenters. The van der Waals surface area contributed by atoms with Crippen molar-refractivity contribution < 1.29 is 14.7 Å². The van der Waals surface area contributed by atoms with Crippen molar-refractivity contribution in [2.24, 2.45) is 5.16 Å². The summed E-state index contributed by atoms with van der Waals surface area (Å²) < 4.78 is 11.3. The normalized spacial score (nSPS) is 21.6. The van der Waals surface area contributed by atoms with E-state index in [1.54, 1.807) is 14.0 Å². The SMILES string of the molecule is COc1cc(N2CCN3[C@@H](CCC[C@@H]3c3ccc(OC/C(C)=N/O)c(C)c3C)C2)ccc1Cl. The maximum atomic E-state index is 8.88. The van der Waals surface area contributed by atoms with E-state index in [2.05, 4.69) is 47.0 Å². The van der Waals surface area contributed by atoms with Gasteiger partial charge in [0.15, 0.2) is 0 Å². The third kappa shape index (κ3) is 4.92. The smallest absolute Gasteiger partial charge is 0.139 e. The molecule has 0 aromatic heterocycles. The van der Waals surface area contributed by atoms with Crippen molar-refractivity contribution in [1.82, 2.24) is 4.90 Å². The number of hydrogen-bond donors (Lipinski definition) is 1. The zero-order chi connectivity index (χ0) is 23.5. The molecular weight excluding hydrogens is 438 g/mol. The Morgan fingerprint density at radius 2 is 1.94 bits per heavy atom. The lowest BCUT2D eigenvalue weighted by Gasteiger charge is -2.49. The molecule has 2 aliphatic rings. The number of halogens is 1. The monoisotopic (exact) mass is 471 g/mol. The van der Waals surface area contributed by atoms with Crippen molar-refractivity contribution in [3.63, 3.8) is 0 Å². The van der Waals surface area contributed by atoms with E-state index in [-0.39, 0.29) is 0 Å². The minimum absolute atomic E-state index is 0.291. The summed E-state index contributed by atoms with van der Waals surface area (Å²) in [6.45, 7) is 9.38. The van der Waals surface area contributed by atoms with Gasteiger partial charge in [-0.25, -0.2) is 0 Å². The Balaban J connectivity index is 1.51. The molecule has 178 valence electrons. The fourth-order valence-corrected chi connectivity index (χ4v) is 5.40. The van der Waals surface area contributed by atoms with Gasteiger partial charge in [0.2, 0.25) is 0 Å². The quantitative estimate of drug-likeness (QED) is 0.337. The second kappa shape index (κ2) is 10.2. The van der Waals surface area contributed by atoms with Crippen molar-refractivity contribution in [3.05, 3.63) is 52.0 Å². The maximum absolute atomic E-state index is 8.88. The van der Waals surface area contributed by atoms with Crippen LogP contribution in [0.15, 0.2) is 35.5 Å². The van der Waals surface area contributed by atoms with E-state index in [9.17, 15) is 0 Å². The number of methoxy groups -OCH3 is 1. The van der Waals surface area contributed by atoms with Crippen LogP contribution in [-0.4, -0.2) is 55.2 Å². The molecular formula is C26H34ClN3O3. The number of piperazine rings is 1. The van der Waals surface area contributed by atoms with E-state index in [0.717, 1.165) is 36.7 Å². The molecule has 2 saturated heterocycles. The van der Waals surface area contributed by atoms with E-state index in [1.165, 1.54) is 36.1 Å². The zero-order valence-electron chi connectivity index (χ0n) is 20.0. The Morgan fingerprint density at radius 3 is 2.70 bits per heavy atom. The van der Waals surface area contributed by atoms with Crippen molar-refractivity contribution in [2.75, 3.05) is 38.3 Å². The molecule has 33 heavy (non-hydrogen) atoms. The second-order valence-electron chi connectivity index (χ2n) is 9.13. The Bertz CT molecular complexity index is 1030. The number of ether oxygens (including phenoxy) is 2. The zero-order valence-corrected chi connectivity index (χ0v) is 20.7. The number of benzene rings is 2. The van der Waals surface area contributed by atoms with Gasteiger partial charge < -0.3 is 19.6 Å². The van der Waals surface area contributed by atoms with Crippen LogP contribution in [0.4, 0.5) is 5.69 Å². The minimum atomic E-state index is 0.291. The van der Waals surface area contributed by atoms with Crippen LogP contribution in [0.3, 0.4) is 0 Å². The average Bonchev–Trinajstić information content (AvgIpc) is 2.84. The fourth-order valence-electron chi connectivity index (χ4n) is 5.21. The number of fused-ring (bicyclic) bond motifs is 1. The van der Waals surface area contributed by atoms with E-state index < -0.39 is 0 Å². The molecule has 0 aliphatic carbocycles. The van der Waals surface area contributed by atoms with Gasteiger partial charge in [-0.2, -0.15) is 0 Å². The predicted octanol–water partition coefficient (Wildman–Crippen LogP) is 5.61. The van der Waals surface area contributed by atoms with Gasteiger partial charge in [-0.3, -0.25) is 4.90 Å². The van der Waals surface area contributed by atoms with Crippen LogP contribution in [0.5, 0.6) is 11.5 Å². The molecule has 2 aromatic carbocycles. The Labute approximate surface area is 201 Å². The highest BCUT2D eigenvalue weighted by molar-refractivity contribution is 6.32. The van der Waals surface area contributed by atoms with Crippen LogP contribution < -0.4 is 14.4 Å². The Kier molecular flexibility index (Phi) is 7.35. The summed E-state index contributed by atoms with van der Waals surface area (Å²) in [5.74, 6) is 1.58. The standard InChI is InChI=1S/C26H34ClN3O3/c1-17(28-31)16-33-25-11-9-22(18(2)19(25)3)24-7-5-6-21-15-29(12-13-30(21)24)20-8-10-23(27)26(14-20)32-4/h8-11,14,21,24,31H,5-7,12-13,15-16H2,1-4H3/b28-17+/t21-,24+/m0/s1. The number of rotatable bonds is 6. The summed E-state index contributed by atoms with van der Waals surface area (Å²) in [7, 11) is 1.66. The van der Waals surface area contributed by atoms with E-state index in [1.807, 2.05) is 12.1 Å². The molecule has 2 aromatic rings. The summed E-state index contributed by atoms with van der Waals surface area (Å²) in [6, 6.07) is 11.3. The summed E-state index contributed by atoms with van der Waals surface area (Å²) in [6.07, 6.45) is 3.63. The van der Waals surface area contributed by atoms with E-state index >= 15 is 0 Å². The lowest BCUT2D eigenvalue weighted by atomic mass is 9.86. The number of anilines is 1. The fraction of sp³-hybridized carbons (Fsp3) is 0.500. The van der Waals surface area contributed by atoms with Crippen LogP contribution in [0.2, 0.25) is 5.02 Å². The third-order valence-corrected chi connectivity index (χ3v) is 7.50. The molecule has 2 fully saturated rings. The largest absolute Gasteiger partial charge is 0.495 e. The first-order chi connectivity index (χ1) is 15.9. The molecule has 2 heterocycles. The van der Waals surface area contributed by atoms with Crippen LogP contribution in [0, 0.1) is 13.8 Å². The van der Waals surface area contributed by atoms with E-state index in [4.69, 9.17) is 26.3 Å². The molecule has 1 N–H and O–H groups in total. The van der Waals surface area contributed by atoms with Gasteiger partial charge in [0.05, 0.1) is 17.8 Å². The summed E-state index contributed by atoms with van der Waals surface area (Å²) in [5.41, 5.74) is 5.59. The minimum Gasteiger partial charge on any atom is -0.495 e. The summed E-state index contributed by atoms with van der Waals surface area (Å²) in [4.78, 5) is 5.17. The molecule has 0 bridgehead atoms. The van der Waals surface area contributed by atoms with Crippen LogP contribution in [0.25, 0.3) is 0 Å². The Hall–Kier alpha value is -2.44. The molecule has 2 aliphatic heterocycles. The van der Waals surface area contributed by atoms with Gasteiger partial charge in [-0.15, -0.1) is 0 Å². The third-order valence-electron chi connectivity index (χ3n) is 7.19. The first kappa shape index (κ1) is 23.7. The summed E-state index contributed by atoms with van der Waals surface area (Å²) >= 11 is 6.24. The van der Waals surface area contributed by atoms with Gasteiger partial charge in [0.25, 0.3) is 0 Å². The van der Waals surface area contributed by atoms with Crippen LogP contribution in [-0.2, 0) is 0 Å². The number of oxime groups is 1. The highest BCUT2D eigenvalue weighted by Gasteiger charge is 2.36. The topological polar surface area (TPSA) is 57.5 Å². The lowest BCUT2D eigenvalue weighted by Crippen LogP contribution is -2.56. The van der Waals surface area contributed by atoms with Gasteiger partial charge in [0, 0.05) is 43.5 Å². The van der Waals surface area contributed by atoms with Gasteiger partial charge >= 0.3 is 0 Å². The van der Waals surface area contributed by atoms with Crippen molar-refractivity contribution in [1.29, 1.82) is 0 Å². The molecule has 0 saturated carbocycles. The van der Waals surface area contributed by atoms with Crippen LogP contribution in [0.1, 0.15) is 48.9 Å². The predicted molar refractivity (Wildman–Crippen MR) is 134 cm³/mol. The summed E-state index contributed by atoms with van der Waals surface area (Å²) in [5, 5.41) is 12.7. The molecule has 0 spiro atoms. The van der Waals surface area contributed by atoms with Crippen LogP contribution >= 0.6 is 11.6 Å². The molecule has 2 atom stereocenters. The van der Waals surface area contributed by atoms with Crippen molar-refractivity contribution in [3.8, 4) is 11.5 Å². The van der Waals surface area contributed by atoms with Gasteiger partial charge in [-0.05, 0) is 74.9 Å². The lowest BCUT2D eigenvalue weighted by molar-refractivity contribution is 0.0712. The number of nitrogens with zero attached hydrogens (tertiary/aromatic N) is 3. The van der Waals surface area contributed by atoms with Crippen molar-refractivity contribution in [2.45, 2.75) is 52.1 Å². The average molecular weight is 472 g/mol. The number of hydrogen-bond acceptors (Lipinski definition) is 6. The van der Waals surface area contributed by atoms with Gasteiger partial charge in [0.1, 0.15) is 18.1 Å². The first-order valence-corrected chi connectivity index (χ1v) is 12.1.